The molecule has 1 N–H and O–H groups in total. The van der Waals surface area contributed by atoms with E-state index in [1.54, 1.807) is 0 Å². The molecule has 14 heavy (non-hydrogen) atoms. The van der Waals surface area contributed by atoms with E-state index in [2.05, 4.69) is 12.2 Å². The number of rotatable bonds is 2. The molecular formula is C13H25N. The quantitative estimate of drug-likeness (QED) is 0.712. The van der Waals surface area contributed by atoms with Gasteiger partial charge in [0.1, 0.15) is 0 Å². The summed E-state index contributed by atoms with van der Waals surface area (Å²) in [4.78, 5) is 0. The van der Waals surface area contributed by atoms with Crippen LogP contribution in [0.2, 0.25) is 0 Å². The summed E-state index contributed by atoms with van der Waals surface area (Å²) < 4.78 is 0. The van der Waals surface area contributed by atoms with Gasteiger partial charge in [-0.1, -0.05) is 32.6 Å². The van der Waals surface area contributed by atoms with Crippen molar-refractivity contribution in [1.82, 2.24) is 5.32 Å². The molecule has 0 aromatic heterocycles. The number of nitrogens with one attached hydrogen (secondary N) is 1. The van der Waals surface area contributed by atoms with Crippen molar-refractivity contribution in [3.63, 3.8) is 0 Å². The second kappa shape index (κ2) is 5.16. The lowest BCUT2D eigenvalue weighted by atomic mass is 9.76. The Kier molecular flexibility index (Phi) is 3.86. The average molecular weight is 195 g/mol. The third-order valence-corrected chi connectivity index (χ3v) is 4.39. The fraction of sp³-hybridized carbons (Fsp3) is 1.00. The van der Waals surface area contributed by atoms with Gasteiger partial charge in [0.15, 0.2) is 0 Å². The molecule has 1 saturated heterocycles. The lowest BCUT2D eigenvalue weighted by Crippen LogP contribution is -2.41. The van der Waals surface area contributed by atoms with E-state index < -0.39 is 0 Å². The molecule has 0 amide bonds. The standard InChI is InChI=1S/C13H25N/c1-2-11-6-8-12(9-7-11)13-5-3-4-10-14-13/h11-14H,2-10H2,1H3. The van der Waals surface area contributed by atoms with Crippen LogP contribution in [0, 0.1) is 11.8 Å². The molecule has 0 aromatic carbocycles. The maximum Gasteiger partial charge on any atom is 0.00953 e. The van der Waals surface area contributed by atoms with Gasteiger partial charge in [0, 0.05) is 6.04 Å². The van der Waals surface area contributed by atoms with Crippen molar-refractivity contribution in [2.24, 2.45) is 11.8 Å². The first-order valence-corrected chi connectivity index (χ1v) is 6.63. The summed E-state index contributed by atoms with van der Waals surface area (Å²) in [6.45, 7) is 3.63. The Balaban J connectivity index is 1.76. The topological polar surface area (TPSA) is 12.0 Å². The van der Waals surface area contributed by atoms with Crippen LogP contribution in [0.1, 0.15) is 58.3 Å². The minimum Gasteiger partial charge on any atom is -0.314 e. The van der Waals surface area contributed by atoms with Crippen molar-refractivity contribution in [3.8, 4) is 0 Å². The molecule has 1 aliphatic heterocycles. The maximum absolute atomic E-state index is 3.72. The van der Waals surface area contributed by atoms with Gasteiger partial charge in [0.2, 0.25) is 0 Å². The van der Waals surface area contributed by atoms with Gasteiger partial charge in [0.05, 0.1) is 0 Å². The zero-order chi connectivity index (χ0) is 9.80. The summed E-state index contributed by atoms with van der Waals surface area (Å²) in [6.07, 6.45) is 11.7. The molecule has 82 valence electrons. The molecule has 1 nitrogen and oxygen atoms in total. The van der Waals surface area contributed by atoms with Gasteiger partial charge in [-0.2, -0.15) is 0 Å². The van der Waals surface area contributed by atoms with Gasteiger partial charge in [-0.05, 0) is 44.1 Å². The number of piperidine rings is 1. The van der Waals surface area contributed by atoms with Crippen LogP contribution in [-0.2, 0) is 0 Å². The highest BCUT2D eigenvalue weighted by atomic mass is 14.9. The van der Waals surface area contributed by atoms with E-state index >= 15 is 0 Å². The molecule has 0 aromatic rings. The third-order valence-electron chi connectivity index (χ3n) is 4.39. The zero-order valence-electron chi connectivity index (χ0n) is 9.60. The fourth-order valence-electron chi connectivity index (χ4n) is 3.28. The molecule has 2 fully saturated rings. The van der Waals surface area contributed by atoms with Crippen LogP contribution in [0.25, 0.3) is 0 Å². The van der Waals surface area contributed by atoms with Gasteiger partial charge in [-0.25, -0.2) is 0 Å². The smallest absolute Gasteiger partial charge is 0.00953 e. The Labute approximate surface area is 88.7 Å². The average Bonchev–Trinajstić information content (AvgIpc) is 2.30. The third kappa shape index (κ3) is 2.50. The Morgan fingerprint density at radius 3 is 2.36 bits per heavy atom. The van der Waals surface area contributed by atoms with E-state index in [1.165, 1.54) is 57.9 Å². The van der Waals surface area contributed by atoms with Crippen molar-refractivity contribution in [1.29, 1.82) is 0 Å². The molecule has 1 saturated carbocycles. The molecule has 1 heteroatoms. The maximum atomic E-state index is 3.72. The molecule has 1 atom stereocenters. The van der Waals surface area contributed by atoms with Crippen LogP contribution in [0.3, 0.4) is 0 Å². The second-order valence-electron chi connectivity index (χ2n) is 5.25. The Hall–Kier alpha value is -0.0400. The van der Waals surface area contributed by atoms with Crippen LogP contribution in [-0.4, -0.2) is 12.6 Å². The highest BCUT2D eigenvalue weighted by molar-refractivity contribution is 4.83. The van der Waals surface area contributed by atoms with Crippen LogP contribution in [0.4, 0.5) is 0 Å². The summed E-state index contributed by atoms with van der Waals surface area (Å²) in [5.41, 5.74) is 0. The van der Waals surface area contributed by atoms with E-state index in [0.717, 1.165) is 17.9 Å². The first-order valence-electron chi connectivity index (χ1n) is 6.63. The largest absolute Gasteiger partial charge is 0.314 e. The predicted molar refractivity (Wildman–Crippen MR) is 61.4 cm³/mol. The van der Waals surface area contributed by atoms with E-state index in [-0.39, 0.29) is 0 Å². The molecule has 0 spiro atoms. The molecule has 2 aliphatic rings. The highest BCUT2D eigenvalue weighted by Crippen LogP contribution is 2.34. The molecule has 0 bridgehead atoms. The summed E-state index contributed by atoms with van der Waals surface area (Å²) in [7, 11) is 0. The summed E-state index contributed by atoms with van der Waals surface area (Å²) in [5.74, 6) is 2.06. The van der Waals surface area contributed by atoms with E-state index in [1.807, 2.05) is 0 Å². The Morgan fingerprint density at radius 1 is 1.00 bits per heavy atom. The van der Waals surface area contributed by atoms with Gasteiger partial charge in [-0.15, -0.1) is 0 Å². The van der Waals surface area contributed by atoms with Crippen molar-refractivity contribution >= 4 is 0 Å². The van der Waals surface area contributed by atoms with Crippen LogP contribution in [0.15, 0.2) is 0 Å². The zero-order valence-corrected chi connectivity index (χ0v) is 9.60. The summed E-state index contributed by atoms with van der Waals surface area (Å²) in [6, 6.07) is 0.876. The summed E-state index contributed by atoms with van der Waals surface area (Å²) in [5, 5.41) is 3.72. The lowest BCUT2D eigenvalue weighted by molar-refractivity contribution is 0.196. The van der Waals surface area contributed by atoms with Gasteiger partial charge in [0.25, 0.3) is 0 Å². The minimum atomic E-state index is 0.876. The lowest BCUT2D eigenvalue weighted by Gasteiger charge is -2.36. The van der Waals surface area contributed by atoms with Crippen molar-refractivity contribution in [3.05, 3.63) is 0 Å². The van der Waals surface area contributed by atoms with Crippen molar-refractivity contribution in [2.75, 3.05) is 6.54 Å². The van der Waals surface area contributed by atoms with Crippen LogP contribution < -0.4 is 5.32 Å². The van der Waals surface area contributed by atoms with Crippen molar-refractivity contribution in [2.45, 2.75) is 64.3 Å². The van der Waals surface area contributed by atoms with Gasteiger partial charge < -0.3 is 5.32 Å². The highest BCUT2D eigenvalue weighted by Gasteiger charge is 2.27. The molecule has 0 radical (unpaired) electrons. The monoisotopic (exact) mass is 195 g/mol. The molecule has 1 heterocycles. The SMILES string of the molecule is CCC1CCC(C2CCCCN2)CC1. The van der Waals surface area contributed by atoms with E-state index in [4.69, 9.17) is 0 Å². The van der Waals surface area contributed by atoms with Gasteiger partial charge in [-0.3, -0.25) is 0 Å². The molecule has 2 rings (SSSR count). The van der Waals surface area contributed by atoms with Gasteiger partial charge >= 0.3 is 0 Å². The first-order chi connectivity index (χ1) is 6.90. The predicted octanol–water partition coefficient (Wildman–Crippen LogP) is 3.34. The fourth-order valence-corrected chi connectivity index (χ4v) is 3.28. The molecular weight excluding hydrogens is 170 g/mol. The number of hydrogen-bond donors (Lipinski definition) is 1. The second-order valence-corrected chi connectivity index (χ2v) is 5.25. The van der Waals surface area contributed by atoms with Crippen molar-refractivity contribution < 1.29 is 0 Å². The minimum absolute atomic E-state index is 0.876. The Bertz CT molecular complexity index is 153. The molecule has 1 aliphatic carbocycles. The Morgan fingerprint density at radius 2 is 1.79 bits per heavy atom. The molecule has 1 unspecified atom stereocenters. The number of hydrogen-bond acceptors (Lipinski definition) is 1. The van der Waals surface area contributed by atoms with E-state index in [9.17, 15) is 0 Å². The van der Waals surface area contributed by atoms with E-state index in [0.29, 0.717) is 0 Å². The normalized spacial score (nSPS) is 39.6. The van der Waals surface area contributed by atoms with Crippen LogP contribution >= 0.6 is 0 Å². The summed E-state index contributed by atoms with van der Waals surface area (Å²) >= 11 is 0. The van der Waals surface area contributed by atoms with Crippen LogP contribution in [0.5, 0.6) is 0 Å². The first kappa shape index (κ1) is 10.5.